The van der Waals surface area contributed by atoms with E-state index < -0.39 is 17.5 Å². The van der Waals surface area contributed by atoms with Crippen molar-refractivity contribution in [1.29, 1.82) is 0 Å². The van der Waals surface area contributed by atoms with Gasteiger partial charge in [0, 0.05) is 17.1 Å². The van der Waals surface area contributed by atoms with Crippen molar-refractivity contribution in [2.24, 2.45) is 5.73 Å². The molecule has 1 aromatic rings. The molecule has 0 aliphatic heterocycles. The van der Waals surface area contributed by atoms with E-state index in [9.17, 15) is 4.39 Å². The minimum atomic E-state index is -0.480. The van der Waals surface area contributed by atoms with Crippen molar-refractivity contribution in [3.8, 4) is 0 Å². The molecule has 1 fully saturated rings. The molecule has 5 heteroatoms. The standard InChI is InChI=1S/C12H14BrClFNO/c1-17-12(5-2-6-12)11(16)7-3-4-8(13)9(14)10(7)15/h3-4,11H,2,5-6,16H2,1H3. The molecule has 0 spiro atoms. The van der Waals surface area contributed by atoms with Crippen molar-refractivity contribution in [2.45, 2.75) is 30.9 Å². The van der Waals surface area contributed by atoms with Crippen molar-refractivity contribution in [3.05, 3.63) is 33.0 Å². The van der Waals surface area contributed by atoms with Crippen LogP contribution < -0.4 is 5.73 Å². The molecule has 1 aromatic carbocycles. The van der Waals surface area contributed by atoms with Crippen molar-refractivity contribution in [1.82, 2.24) is 0 Å². The number of hydrogen-bond acceptors (Lipinski definition) is 2. The summed E-state index contributed by atoms with van der Waals surface area (Å²) in [5.74, 6) is -0.461. The molecule has 0 radical (unpaired) electrons. The van der Waals surface area contributed by atoms with Crippen LogP contribution in [0, 0.1) is 5.82 Å². The average Bonchev–Trinajstić information content (AvgIpc) is 2.25. The first-order valence-corrected chi connectivity index (χ1v) is 6.63. The maximum atomic E-state index is 14.0. The van der Waals surface area contributed by atoms with Crippen LogP contribution in [-0.4, -0.2) is 12.7 Å². The molecule has 1 aliphatic rings. The van der Waals surface area contributed by atoms with E-state index in [0.717, 1.165) is 19.3 Å². The summed E-state index contributed by atoms with van der Waals surface area (Å²) in [6.07, 6.45) is 2.78. The monoisotopic (exact) mass is 321 g/mol. The first kappa shape index (κ1) is 13.3. The largest absolute Gasteiger partial charge is 0.376 e. The van der Waals surface area contributed by atoms with E-state index in [1.165, 1.54) is 0 Å². The summed E-state index contributed by atoms with van der Waals surface area (Å²) in [7, 11) is 1.62. The lowest BCUT2D eigenvalue weighted by molar-refractivity contribution is -0.0917. The second-order valence-corrected chi connectivity index (χ2v) is 5.60. The Bertz CT molecular complexity index is 431. The van der Waals surface area contributed by atoms with Crippen LogP contribution in [0.5, 0.6) is 0 Å². The van der Waals surface area contributed by atoms with Crippen LogP contribution in [0.1, 0.15) is 30.9 Å². The molecule has 0 amide bonds. The summed E-state index contributed by atoms with van der Waals surface area (Å²) >= 11 is 9.05. The Labute approximate surface area is 113 Å². The number of nitrogens with two attached hydrogens (primary N) is 1. The van der Waals surface area contributed by atoms with Crippen LogP contribution in [0.2, 0.25) is 5.02 Å². The van der Waals surface area contributed by atoms with Crippen molar-refractivity contribution >= 4 is 27.5 Å². The van der Waals surface area contributed by atoms with Gasteiger partial charge in [-0.1, -0.05) is 17.7 Å². The Kier molecular flexibility index (Phi) is 3.78. The Morgan fingerprint density at radius 2 is 2.18 bits per heavy atom. The Morgan fingerprint density at radius 3 is 2.65 bits per heavy atom. The number of halogens is 3. The number of ether oxygens (including phenoxy) is 1. The Morgan fingerprint density at radius 1 is 1.53 bits per heavy atom. The fourth-order valence-corrected chi connectivity index (χ4v) is 2.71. The second-order valence-electron chi connectivity index (χ2n) is 4.36. The van der Waals surface area contributed by atoms with Crippen molar-refractivity contribution in [3.63, 3.8) is 0 Å². The quantitative estimate of drug-likeness (QED) is 0.859. The first-order chi connectivity index (χ1) is 8.02. The molecule has 0 aromatic heterocycles. The molecule has 1 saturated carbocycles. The van der Waals surface area contributed by atoms with E-state index in [1.807, 2.05) is 0 Å². The highest BCUT2D eigenvalue weighted by atomic mass is 79.9. The van der Waals surface area contributed by atoms with Crippen LogP contribution in [0.25, 0.3) is 0 Å². The van der Waals surface area contributed by atoms with Crippen LogP contribution in [-0.2, 0) is 4.74 Å². The third-order valence-electron chi connectivity index (χ3n) is 3.57. The second kappa shape index (κ2) is 4.84. The third-order valence-corrected chi connectivity index (χ3v) is 4.83. The van der Waals surface area contributed by atoms with Gasteiger partial charge in [0.2, 0.25) is 0 Å². The van der Waals surface area contributed by atoms with Gasteiger partial charge in [0.15, 0.2) is 0 Å². The number of benzene rings is 1. The van der Waals surface area contributed by atoms with Gasteiger partial charge in [0.25, 0.3) is 0 Å². The van der Waals surface area contributed by atoms with E-state index in [-0.39, 0.29) is 5.02 Å². The lowest BCUT2D eigenvalue weighted by Gasteiger charge is -2.45. The number of methoxy groups -OCH3 is 1. The zero-order chi connectivity index (χ0) is 12.6. The topological polar surface area (TPSA) is 35.2 Å². The fraction of sp³-hybridized carbons (Fsp3) is 0.500. The lowest BCUT2D eigenvalue weighted by Crippen LogP contribution is -2.49. The highest BCUT2D eigenvalue weighted by molar-refractivity contribution is 9.10. The third kappa shape index (κ3) is 2.12. The molecule has 0 saturated heterocycles. The zero-order valence-electron chi connectivity index (χ0n) is 9.47. The number of rotatable bonds is 3. The highest BCUT2D eigenvalue weighted by Gasteiger charge is 2.44. The number of hydrogen-bond donors (Lipinski definition) is 1. The summed E-state index contributed by atoms with van der Waals surface area (Å²) in [5, 5.41) is 0.0727. The normalized spacial score (nSPS) is 19.8. The van der Waals surface area contributed by atoms with Gasteiger partial charge >= 0.3 is 0 Å². The summed E-state index contributed by atoms with van der Waals surface area (Å²) in [5.41, 5.74) is 6.11. The van der Waals surface area contributed by atoms with Crippen LogP contribution in [0.15, 0.2) is 16.6 Å². The summed E-state index contributed by atoms with van der Waals surface area (Å²) in [6.45, 7) is 0. The molecule has 1 aliphatic carbocycles. The van der Waals surface area contributed by atoms with Gasteiger partial charge in [-0.25, -0.2) is 4.39 Å². The van der Waals surface area contributed by atoms with E-state index in [1.54, 1.807) is 19.2 Å². The maximum absolute atomic E-state index is 14.0. The molecule has 17 heavy (non-hydrogen) atoms. The van der Waals surface area contributed by atoms with Gasteiger partial charge < -0.3 is 10.5 Å². The SMILES string of the molecule is COC1(C(N)c2ccc(Br)c(Cl)c2F)CCC1. The van der Waals surface area contributed by atoms with E-state index in [0.29, 0.717) is 10.0 Å². The molecule has 94 valence electrons. The fourth-order valence-electron chi connectivity index (χ4n) is 2.23. The first-order valence-electron chi connectivity index (χ1n) is 5.46. The summed E-state index contributed by atoms with van der Waals surface area (Å²) < 4.78 is 20.0. The van der Waals surface area contributed by atoms with Crippen LogP contribution in [0.3, 0.4) is 0 Å². The van der Waals surface area contributed by atoms with Gasteiger partial charge in [-0.15, -0.1) is 0 Å². The lowest BCUT2D eigenvalue weighted by atomic mass is 9.72. The van der Waals surface area contributed by atoms with Gasteiger partial charge in [0.05, 0.1) is 16.7 Å². The van der Waals surface area contributed by atoms with E-state index in [4.69, 9.17) is 22.1 Å². The maximum Gasteiger partial charge on any atom is 0.147 e. The molecular formula is C12H14BrClFNO. The van der Waals surface area contributed by atoms with Crippen LogP contribution >= 0.6 is 27.5 Å². The zero-order valence-corrected chi connectivity index (χ0v) is 11.8. The predicted octanol–water partition coefficient (Wildman–Crippen LogP) is 3.81. The van der Waals surface area contributed by atoms with E-state index >= 15 is 0 Å². The molecule has 2 N–H and O–H groups in total. The summed E-state index contributed by atoms with van der Waals surface area (Å²) in [4.78, 5) is 0. The van der Waals surface area contributed by atoms with Crippen LogP contribution in [0.4, 0.5) is 4.39 Å². The molecule has 0 heterocycles. The molecule has 2 nitrogen and oxygen atoms in total. The molecule has 0 bridgehead atoms. The van der Waals surface area contributed by atoms with E-state index in [2.05, 4.69) is 15.9 Å². The average molecular weight is 323 g/mol. The molecule has 2 rings (SSSR count). The minimum Gasteiger partial charge on any atom is -0.376 e. The smallest absolute Gasteiger partial charge is 0.147 e. The molecule has 1 unspecified atom stereocenters. The highest BCUT2D eigenvalue weighted by Crippen LogP contribution is 2.45. The minimum absolute atomic E-state index is 0.0727. The van der Waals surface area contributed by atoms with Gasteiger partial charge in [-0.3, -0.25) is 0 Å². The van der Waals surface area contributed by atoms with Gasteiger partial charge in [-0.2, -0.15) is 0 Å². The van der Waals surface area contributed by atoms with Crippen molar-refractivity contribution in [2.75, 3.05) is 7.11 Å². The molecule has 1 atom stereocenters. The van der Waals surface area contributed by atoms with Gasteiger partial charge in [-0.05, 0) is 41.3 Å². The Hall–Kier alpha value is -0.160. The Balaban J connectivity index is 2.37. The molecular weight excluding hydrogens is 308 g/mol. The predicted molar refractivity (Wildman–Crippen MR) is 69.6 cm³/mol. The van der Waals surface area contributed by atoms with Crippen molar-refractivity contribution < 1.29 is 9.13 Å². The summed E-state index contributed by atoms with van der Waals surface area (Å²) in [6, 6.07) is 2.89. The van der Waals surface area contributed by atoms with Gasteiger partial charge in [0.1, 0.15) is 5.82 Å².